The first-order chi connectivity index (χ1) is 19.4. The molecule has 8 heteroatoms. The molecule has 8 nitrogen and oxygen atoms in total. The van der Waals surface area contributed by atoms with Gasteiger partial charge in [-0.2, -0.15) is 0 Å². The average Bonchev–Trinajstić information content (AvgIpc) is 3.38. The summed E-state index contributed by atoms with van der Waals surface area (Å²) < 4.78 is 19.5. The van der Waals surface area contributed by atoms with Crippen LogP contribution in [0, 0.1) is 5.41 Å². The highest BCUT2D eigenvalue weighted by Crippen LogP contribution is 2.50. The van der Waals surface area contributed by atoms with Crippen LogP contribution in [0.25, 0.3) is 16.4 Å². The van der Waals surface area contributed by atoms with Gasteiger partial charge < -0.3 is 14.2 Å². The lowest BCUT2D eigenvalue weighted by Crippen LogP contribution is -2.33. The minimum Gasteiger partial charge on any atom is -0.497 e. The number of ether oxygens (including phenoxy) is 3. The number of fused-ring (bicyclic) bond motifs is 4. The monoisotopic (exact) mass is 532 g/mol. The molecule has 2 aliphatic rings. The van der Waals surface area contributed by atoms with Gasteiger partial charge in [0.15, 0.2) is 17.3 Å². The number of rotatable bonds is 5. The first kappa shape index (κ1) is 24.3. The summed E-state index contributed by atoms with van der Waals surface area (Å²) >= 11 is 0. The molecule has 2 aromatic heterocycles. The highest BCUT2D eigenvalue weighted by atomic mass is 16.5. The Labute approximate surface area is 231 Å². The number of hydrogen-bond donors (Lipinski definition) is 0. The smallest absolute Gasteiger partial charge is 0.228 e. The maximum absolute atomic E-state index is 13.6. The molecule has 0 N–H and O–H groups in total. The molecule has 0 amide bonds. The second-order valence-electron chi connectivity index (χ2n) is 11.1. The largest absolute Gasteiger partial charge is 0.497 e. The summed E-state index contributed by atoms with van der Waals surface area (Å²) in [5, 5.41) is 6.79. The molecule has 5 aromatic rings. The fourth-order valence-corrected chi connectivity index (χ4v) is 5.84. The van der Waals surface area contributed by atoms with E-state index in [1.54, 1.807) is 18.0 Å². The van der Waals surface area contributed by atoms with Gasteiger partial charge in [-0.25, -0.2) is 14.5 Å². The lowest BCUT2D eigenvalue weighted by atomic mass is 9.70. The lowest BCUT2D eigenvalue weighted by molar-refractivity contribution is -0.118. The Kier molecular flexibility index (Phi) is 5.59. The molecule has 0 bridgehead atoms. The van der Waals surface area contributed by atoms with Gasteiger partial charge in [0, 0.05) is 29.7 Å². The van der Waals surface area contributed by atoms with Crippen LogP contribution >= 0.6 is 0 Å². The van der Waals surface area contributed by atoms with Gasteiger partial charge >= 0.3 is 0 Å². The average molecular weight is 533 g/mol. The number of hydrogen-bond acceptors (Lipinski definition) is 7. The summed E-state index contributed by atoms with van der Waals surface area (Å²) in [6, 6.07) is 21.8. The molecule has 40 heavy (non-hydrogen) atoms. The lowest BCUT2D eigenvalue weighted by Gasteiger charge is -2.37. The third-order valence-electron chi connectivity index (χ3n) is 7.66. The van der Waals surface area contributed by atoms with Crippen molar-refractivity contribution in [2.24, 2.45) is 5.41 Å². The van der Waals surface area contributed by atoms with Crippen LogP contribution in [0.1, 0.15) is 49.6 Å². The van der Waals surface area contributed by atoms with Crippen LogP contribution in [0.2, 0.25) is 0 Å². The minimum absolute atomic E-state index is 0.0822. The second kappa shape index (κ2) is 9.19. The van der Waals surface area contributed by atoms with Crippen molar-refractivity contribution in [2.45, 2.75) is 39.2 Å². The predicted octanol–water partition coefficient (Wildman–Crippen LogP) is 6.03. The molecule has 0 saturated heterocycles. The van der Waals surface area contributed by atoms with Gasteiger partial charge in [0.2, 0.25) is 5.88 Å². The van der Waals surface area contributed by atoms with E-state index in [1.165, 1.54) is 0 Å². The van der Waals surface area contributed by atoms with E-state index in [1.807, 2.05) is 54.6 Å². The van der Waals surface area contributed by atoms with E-state index < -0.39 is 0 Å². The molecule has 0 spiro atoms. The molecule has 1 unspecified atom stereocenters. The van der Waals surface area contributed by atoms with Crippen LogP contribution < -0.4 is 14.2 Å². The number of aromatic nitrogens is 4. The zero-order valence-corrected chi connectivity index (χ0v) is 22.5. The number of methoxy groups -OCH3 is 1. The molecule has 3 aromatic carbocycles. The number of ketones is 1. The third-order valence-corrected chi connectivity index (χ3v) is 7.66. The molecule has 200 valence electrons. The highest BCUT2D eigenvalue weighted by Gasteiger charge is 2.44. The summed E-state index contributed by atoms with van der Waals surface area (Å²) in [4.78, 5) is 23.1. The fourth-order valence-electron chi connectivity index (χ4n) is 5.84. The van der Waals surface area contributed by atoms with E-state index in [-0.39, 0.29) is 23.7 Å². The maximum Gasteiger partial charge on any atom is 0.228 e. The Morgan fingerprint density at radius 3 is 2.65 bits per heavy atom. The minimum atomic E-state index is -0.388. The predicted molar refractivity (Wildman–Crippen MR) is 150 cm³/mol. The van der Waals surface area contributed by atoms with Crippen LogP contribution in [0.3, 0.4) is 0 Å². The van der Waals surface area contributed by atoms with E-state index in [0.29, 0.717) is 41.5 Å². The number of Topliss-reactive ketones (excluding diaryl/α,β-unsaturated/α-hetero) is 1. The quantitative estimate of drug-likeness (QED) is 0.273. The molecule has 0 radical (unpaired) electrons. The van der Waals surface area contributed by atoms with E-state index >= 15 is 0 Å². The molecule has 1 aliphatic carbocycles. The molecule has 1 atom stereocenters. The van der Waals surface area contributed by atoms with Crippen molar-refractivity contribution in [1.29, 1.82) is 0 Å². The summed E-state index contributed by atoms with van der Waals surface area (Å²) in [7, 11) is 1.64. The fraction of sp³-hybridized carbons (Fsp3) is 0.250. The zero-order chi connectivity index (χ0) is 27.4. The summed E-state index contributed by atoms with van der Waals surface area (Å²) in [6.45, 7) is 4.36. The summed E-state index contributed by atoms with van der Waals surface area (Å²) in [6.07, 6.45) is 2.71. The SMILES string of the molecule is COc1ccc(C2C3=C(CC(C)(C)CC3=O)Oc3ncn4nc(COc5cccc6ccccc56)nc4c32)cc1. The van der Waals surface area contributed by atoms with Crippen LogP contribution in [0.4, 0.5) is 0 Å². The van der Waals surface area contributed by atoms with Crippen molar-refractivity contribution in [1.82, 2.24) is 19.6 Å². The third kappa shape index (κ3) is 4.07. The first-order valence-corrected chi connectivity index (χ1v) is 13.3. The van der Waals surface area contributed by atoms with Gasteiger partial charge in [0.25, 0.3) is 0 Å². The van der Waals surface area contributed by atoms with Gasteiger partial charge in [-0.3, -0.25) is 4.79 Å². The normalized spacial score (nSPS) is 17.9. The first-order valence-electron chi connectivity index (χ1n) is 13.3. The molecule has 1 aliphatic heterocycles. The van der Waals surface area contributed by atoms with Crippen LogP contribution in [0.15, 0.2) is 84.4 Å². The number of carbonyl (C=O) groups is 1. The number of nitrogens with zero attached hydrogens (tertiary/aromatic N) is 4. The van der Waals surface area contributed by atoms with Crippen LogP contribution in [-0.4, -0.2) is 32.5 Å². The Balaban J connectivity index is 1.32. The topological polar surface area (TPSA) is 87.8 Å². The van der Waals surface area contributed by atoms with Crippen molar-refractivity contribution in [2.75, 3.05) is 7.11 Å². The Bertz CT molecular complexity index is 1820. The number of carbonyl (C=O) groups excluding carboxylic acids is 1. The van der Waals surface area contributed by atoms with E-state index in [4.69, 9.17) is 19.2 Å². The van der Waals surface area contributed by atoms with Crippen molar-refractivity contribution in [3.63, 3.8) is 0 Å². The Hall–Kier alpha value is -4.72. The molecular formula is C32H28N4O4. The Morgan fingerprint density at radius 2 is 1.82 bits per heavy atom. The van der Waals surface area contributed by atoms with Crippen molar-refractivity contribution >= 4 is 22.2 Å². The van der Waals surface area contributed by atoms with E-state index in [9.17, 15) is 4.79 Å². The van der Waals surface area contributed by atoms with Crippen molar-refractivity contribution in [3.05, 3.63) is 101 Å². The zero-order valence-electron chi connectivity index (χ0n) is 22.5. The van der Waals surface area contributed by atoms with Gasteiger partial charge in [0.1, 0.15) is 30.2 Å². The van der Waals surface area contributed by atoms with Crippen molar-refractivity contribution in [3.8, 4) is 17.4 Å². The Morgan fingerprint density at radius 1 is 1.02 bits per heavy atom. The molecule has 3 heterocycles. The maximum atomic E-state index is 13.6. The van der Waals surface area contributed by atoms with E-state index in [0.717, 1.165) is 33.4 Å². The summed E-state index contributed by atoms with van der Waals surface area (Å²) in [5.74, 6) is 2.85. The molecular weight excluding hydrogens is 504 g/mol. The van der Waals surface area contributed by atoms with Crippen LogP contribution in [-0.2, 0) is 11.4 Å². The van der Waals surface area contributed by atoms with Gasteiger partial charge in [0.05, 0.1) is 12.7 Å². The van der Waals surface area contributed by atoms with Crippen LogP contribution in [0.5, 0.6) is 17.4 Å². The molecule has 7 rings (SSSR count). The molecule has 0 saturated carbocycles. The number of benzene rings is 3. The van der Waals surface area contributed by atoms with E-state index in [2.05, 4.69) is 36.1 Å². The van der Waals surface area contributed by atoms with Gasteiger partial charge in [-0.1, -0.05) is 62.4 Å². The number of allylic oxidation sites excluding steroid dienone is 2. The summed E-state index contributed by atoms with van der Waals surface area (Å²) in [5.41, 5.74) is 2.74. The second-order valence-corrected chi connectivity index (χ2v) is 11.1. The van der Waals surface area contributed by atoms with Crippen molar-refractivity contribution < 1.29 is 19.0 Å². The van der Waals surface area contributed by atoms with Gasteiger partial charge in [-0.15, -0.1) is 5.10 Å². The molecule has 0 fully saturated rings. The standard InChI is InChI=1S/C32H28N4O4/c1-32(2)15-23(37)28-25(16-32)40-31-29(27(28)20-11-13-21(38-3)14-12-20)30-34-26(35-36(30)18-33-31)17-39-24-10-6-8-19-7-4-5-9-22(19)24/h4-14,18,27H,15-17H2,1-3H3. The van der Waals surface area contributed by atoms with Gasteiger partial charge in [-0.05, 0) is 34.6 Å². The highest BCUT2D eigenvalue weighted by molar-refractivity contribution is 6.00.